The minimum atomic E-state index is -0.0714. The number of hydrogen-bond acceptors (Lipinski definition) is 3. The number of alkyl halides is 1. The molecule has 1 heterocycles. The van der Waals surface area contributed by atoms with Crippen LogP contribution in [0.3, 0.4) is 0 Å². The van der Waals surface area contributed by atoms with Gasteiger partial charge in [-0.05, 0) is 31.2 Å². The van der Waals surface area contributed by atoms with Crippen molar-refractivity contribution in [3.63, 3.8) is 0 Å². The van der Waals surface area contributed by atoms with Crippen molar-refractivity contribution in [2.75, 3.05) is 38.0 Å². The van der Waals surface area contributed by atoms with Crippen LogP contribution in [-0.4, -0.2) is 56.1 Å². The van der Waals surface area contributed by atoms with E-state index in [1.54, 1.807) is 0 Å². The van der Waals surface area contributed by atoms with Gasteiger partial charge >= 0.3 is 0 Å². The zero-order valence-corrected chi connectivity index (χ0v) is 12.9. The molecule has 2 rings (SSSR count). The monoisotopic (exact) mass is 296 g/mol. The Morgan fingerprint density at radius 2 is 2.05 bits per heavy atom. The van der Waals surface area contributed by atoms with Crippen LogP contribution in [0.25, 0.3) is 0 Å². The average molecular weight is 297 g/mol. The Morgan fingerprint density at radius 1 is 1.40 bits per heavy atom. The molecule has 1 aliphatic rings. The second kappa shape index (κ2) is 6.46. The first kappa shape index (κ1) is 15.1. The standard InChI is InChI=1S/C15H21ClN2O2/c1-11-10-20-14(8-16)9-18(11)15(19)12-4-6-13(7-5-12)17(2)3/h4-7,11,14H,8-10H2,1-3H3. The van der Waals surface area contributed by atoms with Crippen LogP contribution in [0.5, 0.6) is 0 Å². The number of rotatable bonds is 3. The number of anilines is 1. The van der Waals surface area contributed by atoms with E-state index in [1.807, 2.05) is 55.1 Å². The van der Waals surface area contributed by atoms with Crippen LogP contribution in [0.1, 0.15) is 17.3 Å². The molecule has 0 N–H and O–H groups in total. The third-order valence-electron chi connectivity index (χ3n) is 3.57. The Hall–Kier alpha value is -1.26. The number of hydrogen-bond donors (Lipinski definition) is 0. The summed E-state index contributed by atoms with van der Waals surface area (Å²) in [6, 6.07) is 7.73. The Labute approximate surface area is 125 Å². The molecule has 1 aromatic rings. The summed E-state index contributed by atoms with van der Waals surface area (Å²) in [5.74, 6) is 0.456. The lowest BCUT2D eigenvalue weighted by molar-refractivity contribution is -0.0371. The summed E-state index contributed by atoms with van der Waals surface area (Å²) in [5.41, 5.74) is 1.79. The fourth-order valence-electron chi connectivity index (χ4n) is 2.26. The lowest BCUT2D eigenvalue weighted by atomic mass is 10.1. The highest BCUT2D eigenvalue weighted by Gasteiger charge is 2.29. The molecule has 0 aromatic heterocycles. The summed E-state index contributed by atoms with van der Waals surface area (Å²) in [7, 11) is 3.96. The fraction of sp³-hybridized carbons (Fsp3) is 0.533. The number of morpholine rings is 1. The molecule has 0 spiro atoms. The minimum absolute atomic E-state index is 0.0428. The predicted molar refractivity (Wildman–Crippen MR) is 81.7 cm³/mol. The summed E-state index contributed by atoms with van der Waals surface area (Å²) in [6.45, 7) is 3.09. The number of carbonyl (C=O) groups excluding carboxylic acids is 1. The van der Waals surface area contributed by atoms with Gasteiger partial charge in [-0.15, -0.1) is 11.6 Å². The van der Waals surface area contributed by atoms with E-state index in [0.717, 1.165) is 5.69 Å². The quantitative estimate of drug-likeness (QED) is 0.802. The van der Waals surface area contributed by atoms with Crippen molar-refractivity contribution in [2.45, 2.75) is 19.1 Å². The van der Waals surface area contributed by atoms with Gasteiger partial charge in [0.2, 0.25) is 0 Å². The van der Waals surface area contributed by atoms with Gasteiger partial charge in [-0.2, -0.15) is 0 Å². The van der Waals surface area contributed by atoms with Crippen molar-refractivity contribution in [1.82, 2.24) is 4.90 Å². The zero-order valence-electron chi connectivity index (χ0n) is 12.2. The average Bonchev–Trinajstić information content (AvgIpc) is 2.47. The number of ether oxygens (including phenoxy) is 1. The van der Waals surface area contributed by atoms with E-state index >= 15 is 0 Å². The van der Waals surface area contributed by atoms with Gasteiger partial charge in [-0.3, -0.25) is 4.79 Å². The zero-order chi connectivity index (χ0) is 14.7. The Bertz CT molecular complexity index is 461. The van der Waals surface area contributed by atoms with Gasteiger partial charge in [0.15, 0.2) is 0 Å². The maximum Gasteiger partial charge on any atom is 0.254 e. The third kappa shape index (κ3) is 3.25. The van der Waals surface area contributed by atoms with Gasteiger partial charge < -0.3 is 14.5 Å². The summed E-state index contributed by atoms with van der Waals surface area (Å²) < 4.78 is 5.57. The van der Waals surface area contributed by atoms with E-state index in [9.17, 15) is 4.79 Å². The second-order valence-electron chi connectivity index (χ2n) is 5.36. The molecule has 1 aliphatic heterocycles. The van der Waals surface area contributed by atoms with Crippen molar-refractivity contribution in [3.8, 4) is 0 Å². The van der Waals surface area contributed by atoms with Gasteiger partial charge in [-0.25, -0.2) is 0 Å². The minimum Gasteiger partial charge on any atom is -0.378 e. The van der Waals surface area contributed by atoms with Gasteiger partial charge in [-0.1, -0.05) is 0 Å². The number of carbonyl (C=O) groups is 1. The molecule has 5 heteroatoms. The Morgan fingerprint density at radius 3 is 2.60 bits per heavy atom. The summed E-state index contributed by atoms with van der Waals surface area (Å²) >= 11 is 5.83. The number of halogens is 1. The van der Waals surface area contributed by atoms with Crippen LogP contribution in [0.4, 0.5) is 5.69 Å². The highest BCUT2D eigenvalue weighted by Crippen LogP contribution is 2.18. The van der Waals surface area contributed by atoms with Crippen molar-refractivity contribution < 1.29 is 9.53 Å². The van der Waals surface area contributed by atoms with E-state index in [4.69, 9.17) is 16.3 Å². The Balaban J connectivity index is 2.13. The largest absolute Gasteiger partial charge is 0.378 e. The van der Waals surface area contributed by atoms with Gasteiger partial charge in [0, 0.05) is 31.9 Å². The third-order valence-corrected chi connectivity index (χ3v) is 3.91. The van der Waals surface area contributed by atoms with Crippen LogP contribution in [0.2, 0.25) is 0 Å². The molecule has 1 fully saturated rings. The molecule has 4 nitrogen and oxygen atoms in total. The van der Waals surface area contributed by atoms with E-state index in [2.05, 4.69) is 0 Å². The van der Waals surface area contributed by atoms with Gasteiger partial charge in [0.25, 0.3) is 5.91 Å². The maximum absolute atomic E-state index is 12.6. The van der Waals surface area contributed by atoms with Crippen molar-refractivity contribution in [3.05, 3.63) is 29.8 Å². The van der Waals surface area contributed by atoms with E-state index < -0.39 is 0 Å². The topological polar surface area (TPSA) is 32.8 Å². The molecular weight excluding hydrogens is 276 g/mol. The molecule has 1 amide bonds. The van der Waals surface area contributed by atoms with Gasteiger partial charge in [0.05, 0.1) is 24.6 Å². The van der Waals surface area contributed by atoms with Crippen molar-refractivity contribution >= 4 is 23.2 Å². The lowest BCUT2D eigenvalue weighted by Gasteiger charge is -2.37. The molecule has 2 unspecified atom stereocenters. The van der Waals surface area contributed by atoms with Crippen molar-refractivity contribution in [1.29, 1.82) is 0 Å². The molecule has 0 radical (unpaired) electrons. The first-order valence-electron chi connectivity index (χ1n) is 6.79. The molecule has 20 heavy (non-hydrogen) atoms. The highest BCUT2D eigenvalue weighted by atomic mass is 35.5. The van der Waals surface area contributed by atoms with Crippen LogP contribution < -0.4 is 4.90 Å². The molecule has 2 atom stereocenters. The van der Waals surface area contributed by atoms with E-state index in [0.29, 0.717) is 24.6 Å². The number of amides is 1. The molecule has 110 valence electrons. The highest BCUT2D eigenvalue weighted by molar-refractivity contribution is 6.18. The van der Waals surface area contributed by atoms with E-state index in [1.165, 1.54) is 0 Å². The second-order valence-corrected chi connectivity index (χ2v) is 5.67. The Kier molecular flexibility index (Phi) is 4.89. The lowest BCUT2D eigenvalue weighted by Crippen LogP contribution is -2.51. The molecule has 1 aromatic carbocycles. The fourth-order valence-corrected chi connectivity index (χ4v) is 2.45. The van der Waals surface area contributed by atoms with Gasteiger partial charge in [0.1, 0.15) is 0 Å². The number of nitrogens with zero attached hydrogens (tertiary/aromatic N) is 2. The normalized spacial score (nSPS) is 22.7. The SMILES string of the molecule is CC1COC(CCl)CN1C(=O)c1ccc(N(C)C)cc1. The maximum atomic E-state index is 12.6. The smallest absolute Gasteiger partial charge is 0.254 e. The molecular formula is C15H21ClN2O2. The number of benzene rings is 1. The summed E-state index contributed by atoms with van der Waals surface area (Å²) in [6.07, 6.45) is -0.0714. The van der Waals surface area contributed by atoms with Crippen LogP contribution in [0.15, 0.2) is 24.3 Å². The molecule has 0 bridgehead atoms. The van der Waals surface area contributed by atoms with Crippen LogP contribution in [0, 0.1) is 0 Å². The first-order valence-corrected chi connectivity index (χ1v) is 7.32. The van der Waals surface area contributed by atoms with Crippen molar-refractivity contribution in [2.24, 2.45) is 0 Å². The molecule has 0 aliphatic carbocycles. The van der Waals surface area contributed by atoms with Crippen LogP contribution >= 0.6 is 11.6 Å². The molecule has 0 saturated carbocycles. The first-order chi connectivity index (χ1) is 9.52. The molecule has 1 saturated heterocycles. The summed E-state index contributed by atoms with van der Waals surface area (Å²) in [4.78, 5) is 16.4. The summed E-state index contributed by atoms with van der Waals surface area (Å²) in [5, 5.41) is 0. The van der Waals surface area contributed by atoms with Crippen LogP contribution in [-0.2, 0) is 4.74 Å². The van der Waals surface area contributed by atoms with E-state index in [-0.39, 0.29) is 18.1 Å². The predicted octanol–water partition coefficient (Wildman–Crippen LogP) is 2.22.